The van der Waals surface area contributed by atoms with Crippen molar-refractivity contribution in [3.05, 3.63) is 53.4 Å². The molecule has 0 aliphatic heterocycles. The van der Waals surface area contributed by atoms with Gasteiger partial charge in [0.25, 0.3) is 0 Å². The van der Waals surface area contributed by atoms with Crippen molar-refractivity contribution in [1.29, 1.82) is 0 Å². The highest BCUT2D eigenvalue weighted by molar-refractivity contribution is 8.13. The van der Waals surface area contributed by atoms with Crippen LogP contribution in [0.1, 0.15) is 31.4 Å². The summed E-state index contributed by atoms with van der Waals surface area (Å²) in [5.74, 6) is -0.580. The number of carbonyl (C=O) groups is 1. The maximum atomic E-state index is 11.7. The summed E-state index contributed by atoms with van der Waals surface area (Å²) in [4.78, 5) is 16.1. The maximum Gasteiger partial charge on any atom is 0.341 e. The van der Waals surface area contributed by atoms with Gasteiger partial charge in [-0.15, -0.1) is 11.8 Å². The number of thioether (sulfide) groups is 1. The number of carbonyl (C=O) groups excluding carboxylic acids is 1. The normalized spacial score (nSPS) is 13.2. The van der Waals surface area contributed by atoms with Crippen molar-refractivity contribution in [2.45, 2.75) is 20.3 Å². The Bertz CT molecular complexity index is 618. The number of aliphatic hydroxyl groups is 1. The van der Waals surface area contributed by atoms with E-state index in [2.05, 4.69) is 16.7 Å². The predicted molar refractivity (Wildman–Crippen MR) is 93.2 cm³/mol. The van der Waals surface area contributed by atoms with Gasteiger partial charge in [-0.05, 0) is 31.2 Å². The van der Waals surface area contributed by atoms with Gasteiger partial charge in [0.2, 0.25) is 0 Å². The molecule has 5 heteroatoms. The van der Waals surface area contributed by atoms with Gasteiger partial charge in [-0.3, -0.25) is 0 Å². The van der Waals surface area contributed by atoms with E-state index in [0.29, 0.717) is 5.56 Å². The van der Waals surface area contributed by atoms with Gasteiger partial charge in [0.15, 0.2) is 0 Å². The van der Waals surface area contributed by atoms with Gasteiger partial charge in [-0.25, -0.2) is 9.79 Å². The van der Waals surface area contributed by atoms with Crippen LogP contribution in [0, 0.1) is 0 Å². The summed E-state index contributed by atoms with van der Waals surface area (Å²) in [6.45, 7) is 4.11. The van der Waals surface area contributed by atoms with Crippen molar-refractivity contribution in [3.63, 3.8) is 0 Å². The van der Waals surface area contributed by atoms with Gasteiger partial charge >= 0.3 is 5.97 Å². The number of allylic oxidation sites excluding steroid dienone is 1. The summed E-state index contributed by atoms with van der Waals surface area (Å²) >= 11 is 1.52. The Morgan fingerprint density at radius 3 is 2.64 bits per heavy atom. The first-order valence-electron chi connectivity index (χ1n) is 6.88. The zero-order valence-electron chi connectivity index (χ0n) is 13.3. The quantitative estimate of drug-likeness (QED) is 0.291. The van der Waals surface area contributed by atoms with Crippen LogP contribution in [0.2, 0.25) is 0 Å². The molecule has 1 aromatic rings. The summed E-state index contributed by atoms with van der Waals surface area (Å²) in [6, 6.07) is 7.29. The molecule has 0 aromatic heterocycles. The van der Waals surface area contributed by atoms with E-state index in [-0.39, 0.29) is 5.57 Å². The Kier molecular flexibility index (Phi) is 7.46. The third kappa shape index (κ3) is 4.77. The molecule has 1 N–H and O–H groups in total. The van der Waals surface area contributed by atoms with E-state index < -0.39 is 5.97 Å². The summed E-state index contributed by atoms with van der Waals surface area (Å²) in [5.41, 5.74) is 2.77. The Balaban J connectivity index is 3.22. The molecule has 1 rings (SSSR count). The number of ether oxygens (including phenoxy) is 1. The summed E-state index contributed by atoms with van der Waals surface area (Å²) in [7, 11) is 1.28. The summed E-state index contributed by atoms with van der Waals surface area (Å²) < 4.78 is 4.67. The van der Waals surface area contributed by atoms with Crippen LogP contribution < -0.4 is 0 Å². The van der Waals surface area contributed by atoms with Crippen LogP contribution in [0.5, 0.6) is 0 Å². The highest BCUT2D eigenvalue weighted by Crippen LogP contribution is 2.20. The van der Waals surface area contributed by atoms with Gasteiger partial charge in [0.05, 0.1) is 13.4 Å². The molecule has 0 unspecified atom stereocenters. The minimum Gasteiger partial charge on any atom is -0.515 e. The molecular formula is C17H21NO3S. The molecule has 0 bridgehead atoms. The highest BCUT2D eigenvalue weighted by atomic mass is 32.2. The van der Waals surface area contributed by atoms with E-state index >= 15 is 0 Å². The molecular weight excluding hydrogens is 298 g/mol. The van der Waals surface area contributed by atoms with Crippen LogP contribution in [-0.4, -0.2) is 29.5 Å². The number of hydrogen-bond acceptors (Lipinski definition) is 5. The molecule has 0 saturated heterocycles. The Hall–Kier alpha value is -2.01. The first-order valence-corrected chi connectivity index (χ1v) is 8.10. The second-order valence-electron chi connectivity index (χ2n) is 4.58. The molecule has 0 radical (unpaired) electrons. The Morgan fingerprint density at radius 1 is 1.41 bits per heavy atom. The SMILES string of the molecule is CC/C(C)=C\N=C(SC)c1cccc(/C(=C\O)C(=O)OC)c1. The minimum absolute atomic E-state index is 0.116. The fourth-order valence-corrected chi connectivity index (χ4v) is 2.20. The minimum atomic E-state index is -0.580. The van der Waals surface area contributed by atoms with Crippen LogP contribution in [0.25, 0.3) is 5.57 Å². The predicted octanol–water partition coefficient (Wildman–Crippen LogP) is 4.18. The number of hydrogen-bond donors (Lipinski definition) is 1. The number of nitrogens with zero attached hydrogens (tertiary/aromatic N) is 1. The van der Waals surface area contributed by atoms with Gasteiger partial charge in [0, 0.05) is 11.8 Å². The highest BCUT2D eigenvalue weighted by Gasteiger charge is 2.14. The third-order valence-electron chi connectivity index (χ3n) is 3.11. The number of aliphatic imine (C=N–C) groups is 1. The molecule has 118 valence electrons. The number of rotatable bonds is 5. The lowest BCUT2D eigenvalue weighted by molar-refractivity contribution is -0.133. The van der Waals surface area contributed by atoms with Crippen molar-refractivity contribution in [1.82, 2.24) is 0 Å². The lowest BCUT2D eigenvalue weighted by Crippen LogP contribution is -2.05. The monoisotopic (exact) mass is 319 g/mol. The van der Waals surface area contributed by atoms with Crippen LogP contribution >= 0.6 is 11.8 Å². The van der Waals surface area contributed by atoms with Crippen molar-refractivity contribution < 1.29 is 14.6 Å². The molecule has 0 aliphatic carbocycles. The molecule has 1 aromatic carbocycles. The number of esters is 1. The van der Waals surface area contributed by atoms with Gasteiger partial charge in [-0.2, -0.15) is 0 Å². The third-order valence-corrected chi connectivity index (χ3v) is 3.84. The molecule has 0 aliphatic rings. The first-order chi connectivity index (χ1) is 10.6. The van der Waals surface area contributed by atoms with E-state index in [1.54, 1.807) is 6.07 Å². The largest absolute Gasteiger partial charge is 0.515 e. The van der Waals surface area contributed by atoms with Crippen molar-refractivity contribution in [2.24, 2.45) is 4.99 Å². The van der Waals surface area contributed by atoms with Crippen LogP contribution in [-0.2, 0) is 9.53 Å². The van der Waals surface area contributed by atoms with Crippen LogP contribution in [0.4, 0.5) is 0 Å². The first kappa shape index (κ1) is 18.0. The van der Waals surface area contributed by atoms with E-state index in [9.17, 15) is 9.90 Å². The molecule has 22 heavy (non-hydrogen) atoms. The average molecular weight is 319 g/mol. The maximum absolute atomic E-state index is 11.7. The topological polar surface area (TPSA) is 58.9 Å². The van der Waals surface area contributed by atoms with Crippen molar-refractivity contribution in [2.75, 3.05) is 13.4 Å². The van der Waals surface area contributed by atoms with E-state index in [1.165, 1.54) is 24.4 Å². The summed E-state index contributed by atoms with van der Waals surface area (Å²) in [6.07, 6.45) is 5.51. The van der Waals surface area contributed by atoms with Crippen LogP contribution in [0.3, 0.4) is 0 Å². The van der Waals surface area contributed by atoms with E-state index in [0.717, 1.165) is 23.3 Å². The molecule has 4 nitrogen and oxygen atoms in total. The average Bonchev–Trinajstić information content (AvgIpc) is 2.56. The van der Waals surface area contributed by atoms with Crippen molar-refractivity contribution in [3.8, 4) is 0 Å². The lowest BCUT2D eigenvalue weighted by atomic mass is 10.0. The molecule has 0 heterocycles. The molecule has 0 saturated carbocycles. The molecule has 0 spiro atoms. The van der Waals surface area contributed by atoms with E-state index in [4.69, 9.17) is 0 Å². The number of benzene rings is 1. The van der Waals surface area contributed by atoms with Gasteiger partial charge in [0.1, 0.15) is 10.6 Å². The number of aliphatic hydroxyl groups excluding tert-OH is 1. The zero-order valence-corrected chi connectivity index (χ0v) is 14.1. The smallest absolute Gasteiger partial charge is 0.341 e. The summed E-state index contributed by atoms with van der Waals surface area (Å²) in [5, 5.41) is 10.1. The molecule has 0 fully saturated rings. The zero-order chi connectivity index (χ0) is 16.5. The fourth-order valence-electron chi connectivity index (χ4n) is 1.68. The van der Waals surface area contributed by atoms with Crippen molar-refractivity contribution >= 4 is 28.3 Å². The molecule has 0 amide bonds. The Labute approximate surface area is 135 Å². The fraction of sp³-hybridized carbons (Fsp3) is 0.294. The van der Waals surface area contributed by atoms with Gasteiger partial charge < -0.3 is 9.84 Å². The second-order valence-corrected chi connectivity index (χ2v) is 5.38. The number of methoxy groups -OCH3 is 1. The second kappa shape index (κ2) is 9.10. The molecule has 0 atom stereocenters. The Morgan fingerprint density at radius 2 is 2.09 bits per heavy atom. The van der Waals surface area contributed by atoms with Crippen LogP contribution in [0.15, 0.2) is 47.3 Å². The lowest BCUT2D eigenvalue weighted by Gasteiger charge is -2.08. The van der Waals surface area contributed by atoms with Gasteiger partial charge in [-0.1, -0.05) is 30.7 Å². The van der Waals surface area contributed by atoms with E-state index in [1.807, 2.05) is 37.6 Å². The standard InChI is InChI=1S/C17H21NO3S/c1-5-12(2)10-18-16(22-4)14-8-6-7-13(9-14)15(11-19)17(20)21-3/h6-11,19H,5H2,1-4H3/b12-10-,15-11+,18-16?.